The molecule has 2 aliphatic rings. The Bertz CT molecular complexity index is 227. The Morgan fingerprint density at radius 3 is 2.22 bits per heavy atom. The highest BCUT2D eigenvalue weighted by molar-refractivity contribution is 4.90. The molecule has 1 unspecified atom stereocenters. The molecular formula is C16H32N2. The highest BCUT2D eigenvalue weighted by atomic mass is 15.2. The largest absolute Gasteiger partial charge is 0.330 e. The van der Waals surface area contributed by atoms with Gasteiger partial charge in [-0.1, -0.05) is 13.8 Å². The van der Waals surface area contributed by atoms with E-state index in [9.17, 15) is 0 Å². The Kier molecular flexibility index (Phi) is 5.50. The van der Waals surface area contributed by atoms with Crippen LogP contribution < -0.4 is 5.73 Å². The summed E-state index contributed by atoms with van der Waals surface area (Å²) >= 11 is 0. The fourth-order valence-electron chi connectivity index (χ4n) is 3.51. The van der Waals surface area contributed by atoms with Gasteiger partial charge in [-0.2, -0.15) is 0 Å². The highest BCUT2D eigenvalue weighted by Crippen LogP contribution is 2.39. The second-order valence-electron chi connectivity index (χ2n) is 6.93. The standard InChI is InChI=1S/C16H32N2/c1-13(2)3-6-16(15-4-5-15)18-11-8-14(7-10-17)9-12-18/h13-16H,3-12,17H2,1-2H3. The first-order chi connectivity index (χ1) is 8.70. The predicted molar refractivity (Wildman–Crippen MR) is 78.6 cm³/mol. The minimum Gasteiger partial charge on any atom is -0.330 e. The van der Waals surface area contributed by atoms with E-state index in [0.717, 1.165) is 30.3 Å². The van der Waals surface area contributed by atoms with Gasteiger partial charge in [-0.15, -0.1) is 0 Å². The second-order valence-corrected chi connectivity index (χ2v) is 6.93. The Morgan fingerprint density at radius 1 is 1.06 bits per heavy atom. The Labute approximate surface area is 113 Å². The van der Waals surface area contributed by atoms with E-state index in [0.29, 0.717) is 0 Å². The maximum absolute atomic E-state index is 5.68. The average molecular weight is 252 g/mol. The fraction of sp³-hybridized carbons (Fsp3) is 1.00. The van der Waals surface area contributed by atoms with E-state index in [1.54, 1.807) is 0 Å². The van der Waals surface area contributed by atoms with Gasteiger partial charge in [-0.25, -0.2) is 0 Å². The van der Waals surface area contributed by atoms with Crippen LogP contribution in [0.1, 0.15) is 58.8 Å². The van der Waals surface area contributed by atoms with Gasteiger partial charge in [0.05, 0.1) is 0 Å². The zero-order chi connectivity index (χ0) is 13.0. The van der Waals surface area contributed by atoms with Crippen LogP contribution in [0, 0.1) is 17.8 Å². The van der Waals surface area contributed by atoms with Gasteiger partial charge in [0, 0.05) is 6.04 Å². The van der Waals surface area contributed by atoms with Gasteiger partial charge in [-0.3, -0.25) is 0 Å². The molecule has 2 nitrogen and oxygen atoms in total. The number of likely N-dealkylation sites (tertiary alicyclic amines) is 1. The van der Waals surface area contributed by atoms with E-state index < -0.39 is 0 Å². The molecule has 1 heterocycles. The molecule has 1 saturated carbocycles. The summed E-state index contributed by atoms with van der Waals surface area (Å²) in [7, 11) is 0. The Balaban J connectivity index is 1.77. The quantitative estimate of drug-likeness (QED) is 0.753. The molecule has 2 N–H and O–H groups in total. The molecule has 0 amide bonds. The third kappa shape index (κ3) is 4.24. The van der Waals surface area contributed by atoms with Crippen molar-refractivity contribution in [2.24, 2.45) is 23.5 Å². The molecular weight excluding hydrogens is 220 g/mol. The molecule has 1 saturated heterocycles. The van der Waals surface area contributed by atoms with Crippen molar-refractivity contribution >= 4 is 0 Å². The Morgan fingerprint density at radius 2 is 1.72 bits per heavy atom. The summed E-state index contributed by atoms with van der Waals surface area (Å²) in [5, 5.41) is 0. The first-order valence-corrected chi connectivity index (χ1v) is 8.14. The Hall–Kier alpha value is -0.0800. The number of rotatable bonds is 7. The molecule has 0 aromatic rings. The van der Waals surface area contributed by atoms with E-state index in [4.69, 9.17) is 5.73 Å². The summed E-state index contributed by atoms with van der Waals surface area (Å²) in [6, 6.07) is 0.909. The van der Waals surface area contributed by atoms with Gasteiger partial charge in [0.25, 0.3) is 0 Å². The van der Waals surface area contributed by atoms with Crippen molar-refractivity contribution in [1.82, 2.24) is 4.90 Å². The molecule has 2 heteroatoms. The molecule has 0 spiro atoms. The molecule has 106 valence electrons. The lowest BCUT2D eigenvalue weighted by molar-refractivity contribution is 0.107. The summed E-state index contributed by atoms with van der Waals surface area (Å²) in [4.78, 5) is 2.81. The van der Waals surface area contributed by atoms with Crippen LogP contribution in [0.15, 0.2) is 0 Å². The van der Waals surface area contributed by atoms with Crippen LogP contribution >= 0.6 is 0 Å². The summed E-state index contributed by atoms with van der Waals surface area (Å²) in [6.45, 7) is 8.27. The van der Waals surface area contributed by atoms with Crippen LogP contribution in [0.25, 0.3) is 0 Å². The second kappa shape index (κ2) is 6.91. The minimum atomic E-state index is 0.862. The van der Waals surface area contributed by atoms with Crippen molar-refractivity contribution < 1.29 is 0 Å². The molecule has 1 atom stereocenters. The van der Waals surface area contributed by atoms with Gasteiger partial charge < -0.3 is 10.6 Å². The van der Waals surface area contributed by atoms with Crippen molar-refractivity contribution in [2.45, 2.75) is 64.8 Å². The van der Waals surface area contributed by atoms with E-state index in [2.05, 4.69) is 18.7 Å². The number of nitrogens with zero attached hydrogens (tertiary/aromatic N) is 1. The van der Waals surface area contributed by atoms with Gasteiger partial charge in [0.2, 0.25) is 0 Å². The van der Waals surface area contributed by atoms with Crippen LogP contribution in [0.5, 0.6) is 0 Å². The van der Waals surface area contributed by atoms with E-state index in [1.807, 2.05) is 0 Å². The third-order valence-corrected chi connectivity index (χ3v) is 4.90. The smallest absolute Gasteiger partial charge is 0.0124 e. The zero-order valence-corrected chi connectivity index (χ0v) is 12.4. The third-order valence-electron chi connectivity index (χ3n) is 4.90. The number of piperidine rings is 1. The summed E-state index contributed by atoms with van der Waals surface area (Å²) in [6.07, 6.45) is 9.85. The molecule has 2 rings (SSSR count). The average Bonchev–Trinajstić information content (AvgIpc) is 3.16. The van der Waals surface area contributed by atoms with Crippen molar-refractivity contribution in [3.63, 3.8) is 0 Å². The lowest BCUT2D eigenvalue weighted by Crippen LogP contribution is -2.43. The monoisotopic (exact) mass is 252 g/mol. The lowest BCUT2D eigenvalue weighted by atomic mass is 9.90. The zero-order valence-electron chi connectivity index (χ0n) is 12.4. The van der Waals surface area contributed by atoms with E-state index >= 15 is 0 Å². The van der Waals surface area contributed by atoms with Crippen molar-refractivity contribution in [2.75, 3.05) is 19.6 Å². The SMILES string of the molecule is CC(C)CCC(C1CC1)N1CCC(CCN)CC1. The van der Waals surface area contributed by atoms with Crippen molar-refractivity contribution in [3.8, 4) is 0 Å². The van der Waals surface area contributed by atoms with Gasteiger partial charge >= 0.3 is 0 Å². The molecule has 1 aliphatic carbocycles. The molecule has 2 fully saturated rings. The number of hydrogen-bond donors (Lipinski definition) is 1. The lowest BCUT2D eigenvalue weighted by Gasteiger charge is -2.38. The molecule has 0 aromatic carbocycles. The first kappa shape index (κ1) is 14.3. The normalized spacial score (nSPS) is 24.7. The van der Waals surface area contributed by atoms with Crippen LogP contribution in [0.2, 0.25) is 0 Å². The molecule has 18 heavy (non-hydrogen) atoms. The van der Waals surface area contributed by atoms with E-state index in [-0.39, 0.29) is 0 Å². The van der Waals surface area contributed by atoms with Crippen LogP contribution in [-0.2, 0) is 0 Å². The highest BCUT2D eigenvalue weighted by Gasteiger charge is 2.36. The summed E-state index contributed by atoms with van der Waals surface area (Å²) in [5.41, 5.74) is 5.68. The molecule has 0 radical (unpaired) electrons. The summed E-state index contributed by atoms with van der Waals surface area (Å²) in [5.74, 6) is 2.81. The predicted octanol–water partition coefficient (Wildman–Crippen LogP) is 3.26. The topological polar surface area (TPSA) is 29.3 Å². The van der Waals surface area contributed by atoms with Crippen molar-refractivity contribution in [3.05, 3.63) is 0 Å². The minimum absolute atomic E-state index is 0.862. The van der Waals surface area contributed by atoms with Crippen LogP contribution in [0.4, 0.5) is 0 Å². The number of nitrogens with two attached hydrogens (primary N) is 1. The summed E-state index contributed by atoms with van der Waals surface area (Å²) < 4.78 is 0. The van der Waals surface area contributed by atoms with Gasteiger partial charge in [0.1, 0.15) is 0 Å². The molecule has 1 aliphatic heterocycles. The molecule has 0 aromatic heterocycles. The van der Waals surface area contributed by atoms with Crippen LogP contribution in [0.3, 0.4) is 0 Å². The molecule has 0 bridgehead atoms. The first-order valence-electron chi connectivity index (χ1n) is 8.14. The van der Waals surface area contributed by atoms with Gasteiger partial charge in [0.15, 0.2) is 0 Å². The maximum atomic E-state index is 5.68. The fourth-order valence-corrected chi connectivity index (χ4v) is 3.51. The van der Waals surface area contributed by atoms with E-state index in [1.165, 1.54) is 58.0 Å². The van der Waals surface area contributed by atoms with Gasteiger partial charge in [-0.05, 0) is 82.3 Å². The van der Waals surface area contributed by atoms with Crippen molar-refractivity contribution in [1.29, 1.82) is 0 Å². The van der Waals surface area contributed by atoms with Crippen LogP contribution in [-0.4, -0.2) is 30.6 Å². The maximum Gasteiger partial charge on any atom is 0.0124 e. The number of hydrogen-bond acceptors (Lipinski definition) is 2.